The van der Waals surface area contributed by atoms with Gasteiger partial charge in [0.15, 0.2) is 6.29 Å². The number of nitrogens with zero attached hydrogens (tertiary/aromatic N) is 3. The molecule has 0 radical (unpaired) electrons. The zero-order valence-electron chi connectivity index (χ0n) is 18.2. The minimum absolute atomic E-state index is 0.362. The zero-order chi connectivity index (χ0) is 23.1. The minimum Gasteiger partial charge on any atom is -0.296 e. The normalized spacial score (nSPS) is 14.4. The molecule has 1 saturated heterocycles. The third-order valence-electron chi connectivity index (χ3n) is 5.45. The van der Waals surface area contributed by atoms with Crippen molar-refractivity contribution >= 4 is 41.1 Å². The molecule has 2 heterocycles. The maximum atomic E-state index is 11.3. The number of aldehydes is 1. The fourth-order valence-electron chi connectivity index (χ4n) is 3.69. The molecule has 0 amide bonds. The highest BCUT2D eigenvalue weighted by atomic mass is 35.5. The lowest BCUT2D eigenvalue weighted by molar-refractivity contribution is 0.111. The van der Waals surface area contributed by atoms with E-state index in [1.165, 1.54) is 38.8 Å². The number of halogens is 3. The Hall–Kier alpha value is -1.89. The highest BCUT2D eigenvalue weighted by molar-refractivity contribution is 6.35. The molecule has 0 spiro atoms. The fraction of sp³-hybridized carbons (Fsp3) is 0.333. The van der Waals surface area contributed by atoms with E-state index in [1.54, 1.807) is 35.0 Å². The molecule has 0 bridgehead atoms. The van der Waals surface area contributed by atoms with Gasteiger partial charge in [0.1, 0.15) is 5.69 Å². The third-order valence-corrected chi connectivity index (χ3v) is 6.24. The molecule has 0 unspecified atom stereocenters. The molecule has 32 heavy (non-hydrogen) atoms. The number of carbonyl (C=O) groups excluding carboxylic acids is 1. The van der Waals surface area contributed by atoms with Crippen LogP contribution < -0.4 is 5.43 Å². The van der Waals surface area contributed by atoms with Crippen molar-refractivity contribution in [3.63, 3.8) is 0 Å². The summed E-state index contributed by atoms with van der Waals surface area (Å²) in [5, 5.41) is 8.30. The molecule has 3 aromatic rings. The number of aromatic nitrogens is 2. The van der Waals surface area contributed by atoms with Gasteiger partial charge < -0.3 is 0 Å². The lowest BCUT2D eigenvalue weighted by atomic mass is 10.1. The van der Waals surface area contributed by atoms with Crippen molar-refractivity contribution < 1.29 is 4.79 Å². The lowest BCUT2D eigenvalue weighted by Gasteiger charge is -2.17. The summed E-state index contributed by atoms with van der Waals surface area (Å²) in [7, 11) is 2.01. The van der Waals surface area contributed by atoms with Gasteiger partial charge in [-0.3, -0.25) is 10.2 Å². The number of rotatable bonds is 4. The predicted molar refractivity (Wildman–Crippen MR) is 133 cm³/mol. The van der Waals surface area contributed by atoms with Crippen LogP contribution in [0.3, 0.4) is 0 Å². The molecule has 0 atom stereocenters. The molecular weight excluding hydrogens is 467 g/mol. The van der Waals surface area contributed by atoms with Crippen molar-refractivity contribution in [3.05, 3.63) is 68.8 Å². The molecular formula is C24H27Cl3N4O. The first kappa shape index (κ1) is 24.7. The molecule has 1 aromatic heterocycles. The zero-order valence-corrected chi connectivity index (χ0v) is 20.5. The molecule has 0 saturated carbocycles. The van der Waals surface area contributed by atoms with E-state index in [1.807, 2.05) is 26.1 Å². The van der Waals surface area contributed by atoms with Gasteiger partial charge in [0.2, 0.25) is 0 Å². The van der Waals surface area contributed by atoms with Crippen molar-refractivity contribution in [3.8, 4) is 16.9 Å². The summed E-state index contributed by atoms with van der Waals surface area (Å²) in [6.45, 7) is 4.31. The summed E-state index contributed by atoms with van der Waals surface area (Å²) < 4.78 is 1.65. The topological polar surface area (TPSA) is 50.2 Å². The van der Waals surface area contributed by atoms with Crippen molar-refractivity contribution in [2.45, 2.75) is 32.6 Å². The van der Waals surface area contributed by atoms with Crippen LogP contribution in [0.2, 0.25) is 15.1 Å². The van der Waals surface area contributed by atoms with E-state index in [2.05, 4.69) is 15.5 Å². The summed E-state index contributed by atoms with van der Waals surface area (Å²) in [5.41, 5.74) is 6.63. The monoisotopic (exact) mass is 492 g/mol. The molecule has 5 nitrogen and oxygen atoms in total. The smallest absolute Gasteiger partial charge is 0.170 e. The van der Waals surface area contributed by atoms with Crippen LogP contribution in [0.15, 0.2) is 42.5 Å². The molecule has 170 valence electrons. The fourth-order valence-corrected chi connectivity index (χ4v) is 4.31. The number of carbonyl (C=O) groups is 1. The molecule has 1 N–H and O–H groups in total. The average molecular weight is 494 g/mol. The minimum atomic E-state index is 0.362. The van der Waals surface area contributed by atoms with E-state index < -0.39 is 0 Å². The summed E-state index contributed by atoms with van der Waals surface area (Å²) in [6.07, 6.45) is 6.28. The van der Waals surface area contributed by atoms with Crippen molar-refractivity contribution in [2.75, 3.05) is 20.1 Å². The first-order chi connectivity index (χ1) is 15.4. The number of hydrogen-bond acceptors (Lipinski definition) is 4. The van der Waals surface area contributed by atoms with Crippen molar-refractivity contribution in [1.82, 2.24) is 20.2 Å². The second-order valence-corrected chi connectivity index (χ2v) is 8.90. The van der Waals surface area contributed by atoms with Crippen LogP contribution in [0, 0.1) is 6.92 Å². The maximum absolute atomic E-state index is 11.3. The number of benzene rings is 2. The molecule has 8 heteroatoms. The second kappa shape index (κ2) is 11.8. The standard InChI is InChI=1S/C17H11Cl3N2O.C7H16N2/c1-10-15(9-23)21-22(16-7-6-13(19)8-14(16)20)17(10)11-2-4-12(18)5-3-11;1-8-9-6-4-2-3-5-7-9/h2-9H,1H3;8H,2-7H2,1H3. The Morgan fingerprint density at radius 2 is 1.56 bits per heavy atom. The predicted octanol–water partition coefficient (Wildman–Crippen LogP) is 6.62. The van der Waals surface area contributed by atoms with Crippen LogP contribution in [0.4, 0.5) is 0 Å². The van der Waals surface area contributed by atoms with Gasteiger partial charge in [-0.05, 0) is 57.1 Å². The van der Waals surface area contributed by atoms with Gasteiger partial charge in [0, 0.05) is 34.3 Å². The highest BCUT2D eigenvalue weighted by Crippen LogP contribution is 2.32. The maximum Gasteiger partial charge on any atom is 0.170 e. The van der Waals surface area contributed by atoms with E-state index in [4.69, 9.17) is 34.8 Å². The largest absolute Gasteiger partial charge is 0.296 e. The van der Waals surface area contributed by atoms with E-state index in [9.17, 15) is 4.79 Å². The SMILES string of the molecule is CNN1CCCCCC1.Cc1c(C=O)nn(-c2ccc(Cl)cc2Cl)c1-c1ccc(Cl)cc1. The van der Waals surface area contributed by atoms with E-state index >= 15 is 0 Å². The lowest BCUT2D eigenvalue weighted by Crippen LogP contribution is -2.35. The van der Waals surface area contributed by atoms with Gasteiger partial charge in [0.05, 0.1) is 16.4 Å². The summed E-state index contributed by atoms with van der Waals surface area (Å²) in [4.78, 5) is 11.3. The van der Waals surface area contributed by atoms with Gasteiger partial charge in [-0.25, -0.2) is 9.69 Å². The summed E-state index contributed by atoms with van der Waals surface area (Å²) in [6, 6.07) is 12.5. The van der Waals surface area contributed by atoms with E-state index in [0.29, 0.717) is 26.4 Å². The van der Waals surface area contributed by atoms with E-state index in [-0.39, 0.29) is 0 Å². The quantitative estimate of drug-likeness (QED) is 0.415. The molecule has 1 aliphatic rings. The van der Waals surface area contributed by atoms with Crippen LogP contribution in [-0.4, -0.2) is 41.2 Å². The Morgan fingerprint density at radius 1 is 0.938 bits per heavy atom. The highest BCUT2D eigenvalue weighted by Gasteiger charge is 2.18. The third kappa shape index (κ3) is 6.12. The van der Waals surface area contributed by atoms with Gasteiger partial charge in [0.25, 0.3) is 0 Å². The van der Waals surface area contributed by atoms with Crippen molar-refractivity contribution in [2.24, 2.45) is 0 Å². The first-order valence-electron chi connectivity index (χ1n) is 10.6. The van der Waals surface area contributed by atoms with Crippen LogP contribution in [-0.2, 0) is 0 Å². The number of nitrogens with one attached hydrogen (secondary N) is 1. The molecule has 1 fully saturated rings. The molecule has 2 aromatic carbocycles. The average Bonchev–Trinajstić information content (AvgIpc) is 2.94. The number of hydrogen-bond donors (Lipinski definition) is 1. The van der Waals surface area contributed by atoms with Crippen LogP contribution in [0.1, 0.15) is 41.7 Å². The van der Waals surface area contributed by atoms with Gasteiger partial charge in [-0.1, -0.05) is 59.8 Å². The summed E-state index contributed by atoms with van der Waals surface area (Å²) in [5.74, 6) is 0. The second-order valence-electron chi connectivity index (χ2n) is 7.62. The molecule has 1 aliphatic heterocycles. The van der Waals surface area contributed by atoms with Crippen LogP contribution in [0.25, 0.3) is 16.9 Å². The Kier molecular flexibility index (Phi) is 9.14. The van der Waals surface area contributed by atoms with Crippen LogP contribution in [0.5, 0.6) is 0 Å². The molecule has 0 aliphatic carbocycles. The van der Waals surface area contributed by atoms with Crippen LogP contribution >= 0.6 is 34.8 Å². The number of hydrazine groups is 1. The Bertz CT molecular complexity index is 1040. The summed E-state index contributed by atoms with van der Waals surface area (Å²) >= 11 is 18.2. The van der Waals surface area contributed by atoms with Gasteiger partial charge in [-0.2, -0.15) is 5.10 Å². The first-order valence-corrected chi connectivity index (χ1v) is 11.8. The van der Waals surface area contributed by atoms with Gasteiger partial charge in [-0.15, -0.1) is 0 Å². The van der Waals surface area contributed by atoms with Crippen molar-refractivity contribution in [1.29, 1.82) is 0 Å². The Balaban J connectivity index is 0.000000269. The Labute approximate surface area is 204 Å². The molecule has 4 rings (SSSR count). The van der Waals surface area contributed by atoms with Gasteiger partial charge >= 0.3 is 0 Å². The van der Waals surface area contributed by atoms with E-state index in [0.717, 1.165) is 23.1 Å². The Morgan fingerprint density at radius 3 is 2.12 bits per heavy atom.